The highest BCUT2D eigenvalue weighted by Gasteiger charge is 2.45. The van der Waals surface area contributed by atoms with E-state index in [0.717, 1.165) is 12.8 Å². The van der Waals surface area contributed by atoms with Crippen molar-refractivity contribution in [3.05, 3.63) is 35.4 Å². The highest BCUT2D eigenvalue weighted by atomic mass is 16.5. The first kappa shape index (κ1) is 21.8. The molecule has 0 aromatic heterocycles. The van der Waals surface area contributed by atoms with Crippen LogP contribution in [0.1, 0.15) is 93.4 Å². The molecule has 0 spiro atoms. The first-order valence-corrected chi connectivity index (χ1v) is 10.8. The number of nitrogens with one attached hydrogen (secondary N) is 2. The van der Waals surface area contributed by atoms with E-state index in [-0.39, 0.29) is 23.9 Å². The summed E-state index contributed by atoms with van der Waals surface area (Å²) in [5, 5.41) is 18.0. The van der Waals surface area contributed by atoms with Crippen LogP contribution < -0.4 is 10.6 Å². The van der Waals surface area contributed by atoms with Crippen molar-refractivity contribution in [2.24, 2.45) is 0 Å². The number of nitrogens with zero attached hydrogens (tertiary/aromatic N) is 1. The Bertz CT molecular complexity index is 718. The number of hydrogen-bond acceptors (Lipinski definition) is 4. The van der Waals surface area contributed by atoms with Crippen LogP contribution >= 0.6 is 0 Å². The fourth-order valence-corrected chi connectivity index (χ4v) is 4.93. The lowest BCUT2D eigenvalue weighted by molar-refractivity contribution is -0.245. The molecule has 0 radical (unpaired) electrons. The van der Waals surface area contributed by atoms with Gasteiger partial charge in [-0.15, -0.1) is 0 Å². The van der Waals surface area contributed by atoms with Crippen molar-refractivity contribution < 1.29 is 14.8 Å². The molecule has 6 nitrogen and oxygen atoms in total. The number of hydroxylamine groups is 2. The standard InChI is InChI=1S/C23H35N3O3/c1-22(2)14-19(15-23(3,4)26(22)29)25-21(28)17-12-10-16(11-13-17)20(27)24-18-8-6-5-7-9-18/h10-13,18-19,29H,5-9,14-15H2,1-4H3,(H,24,27)(H,25,28). The van der Waals surface area contributed by atoms with Crippen LogP contribution in [0.4, 0.5) is 0 Å². The predicted molar refractivity (Wildman–Crippen MR) is 113 cm³/mol. The van der Waals surface area contributed by atoms with Crippen LogP contribution in [0, 0.1) is 0 Å². The van der Waals surface area contributed by atoms with Gasteiger partial charge in [0.1, 0.15) is 0 Å². The van der Waals surface area contributed by atoms with E-state index >= 15 is 0 Å². The van der Waals surface area contributed by atoms with E-state index in [1.807, 2.05) is 27.7 Å². The molecule has 6 heteroatoms. The van der Waals surface area contributed by atoms with E-state index in [2.05, 4.69) is 10.6 Å². The quantitative estimate of drug-likeness (QED) is 0.715. The SMILES string of the molecule is CC1(C)CC(NC(=O)c2ccc(C(=O)NC3CCCCC3)cc2)CC(C)(C)N1O. The van der Waals surface area contributed by atoms with Gasteiger partial charge in [0, 0.05) is 34.3 Å². The molecule has 2 amide bonds. The van der Waals surface area contributed by atoms with Crippen molar-refractivity contribution in [2.75, 3.05) is 0 Å². The van der Waals surface area contributed by atoms with E-state index in [9.17, 15) is 14.8 Å². The molecule has 1 aliphatic carbocycles. The van der Waals surface area contributed by atoms with Gasteiger partial charge in [0.05, 0.1) is 0 Å². The normalized spacial score (nSPS) is 22.8. The van der Waals surface area contributed by atoms with Crippen LogP contribution in [-0.4, -0.2) is 45.2 Å². The Morgan fingerprint density at radius 2 is 1.24 bits per heavy atom. The minimum Gasteiger partial charge on any atom is -0.349 e. The van der Waals surface area contributed by atoms with E-state index in [1.165, 1.54) is 24.3 Å². The second kappa shape index (κ2) is 8.44. The zero-order chi connectivity index (χ0) is 21.2. The second-order valence-corrected chi connectivity index (χ2v) is 9.90. The molecule has 1 heterocycles. The van der Waals surface area contributed by atoms with E-state index in [0.29, 0.717) is 24.0 Å². The van der Waals surface area contributed by atoms with Crippen LogP contribution in [0.2, 0.25) is 0 Å². The van der Waals surface area contributed by atoms with Gasteiger partial charge in [-0.25, -0.2) is 0 Å². The Balaban J connectivity index is 1.59. The Hall–Kier alpha value is -1.92. The average molecular weight is 402 g/mol. The second-order valence-electron chi connectivity index (χ2n) is 9.90. The number of carbonyl (C=O) groups excluding carboxylic acids is 2. The number of hydrogen-bond donors (Lipinski definition) is 3. The molecule has 1 aromatic rings. The summed E-state index contributed by atoms with van der Waals surface area (Å²) in [6, 6.07) is 7.10. The molecule has 3 N–H and O–H groups in total. The highest BCUT2D eigenvalue weighted by Crippen LogP contribution is 2.36. The van der Waals surface area contributed by atoms with Gasteiger partial charge in [-0.3, -0.25) is 9.59 Å². The van der Waals surface area contributed by atoms with Crippen LogP contribution in [0.25, 0.3) is 0 Å². The molecule has 1 saturated heterocycles. The van der Waals surface area contributed by atoms with E-state index in [4.69, 9.17) is 0 Å². The largest absolute Gasteiger partial charge is 0.349 e. The fourth-order valence-electron chi connectivity index (χ4n) is 4.93. The van der Waals surface area contributed by atoms with Gasteiger partial charge in [-0.1, -0.05) is 19.3 Å². The zero-order valence-electron chi connectivity index (χ0n) is 18.1. The van der Waals surface area contributed by atoms with E-state index in [1.54, 1.807) is 24.3 Å². The Kier molecular flexibility index (Phi) is 6.34. The van der Waals surface area contributed by atoms with Crippen molar-refractivity contribution in [3.8, 4) is 0 Å². The van der Waals surface area contributed by atoms with Crippen molar-refractivity contribution >= 4 is 11.8 Å². The molecular weight excluding hydrogens is 366 g/mol. The number of rotatable bonds is 4. The minimum atomic E-state index is -0.416. The van der Waals surface area contributed by atoms with Crippen molar-refractivity contribution in [3.63, 3.8) is 0 Å². The zero-order valence-corrected chi connectivity index (χ0v) is 18.1. The molecule has 1 saturated carbocycles. The minimum absolute atomic E-state index is 0.0230. The summed E-state index contributed by atoms with van der Waals surface area (Å²) in [5.74, 6) is -0.213. The van der Waals surface area contributed by atoms with Crippen LogP contribution in [0.5, 0.6) is 0 Å². The maximum absolute atomic E-state index is 12.7. The average Bonchev–Trinajstić information content (AvgIpc) is 2.66. The number of amides is 2. The Morgan fingerprint density at radius 3 is 1.69 bits per heavy atom. The topological polar surface area (TPSA) is 81.7 Å². The molecular formula is C23H35N3O3. The third-order valence-corrected chi connectivity index (χ3v) is 6.32. The first-order chi connectivity index (χ1) is 13.6. The summed E-state index contributed by atoms with van der Waals surface area (Å²) in [6.07, 6.45) is 7.03. The maximum atomic E-state index is 12.7. The van der Waals surface area contributed by atoms with Crippen molar-refractivity contribution in [2.45, 2.75) is 95.8 Å². The van der Waals surface area contributed by atoms with Gasteiger partial charge < -0.3 is 15.8 Å². The summed E-state index contributed by atoms with van der Waals surface area (Å²) in [7, 11) is 0. The number of benzene rings is 1. The van der Waals surface area contributed by atoms with Gasteiger partial charge in [-0.05, 0) is 77.6 Å². The lowest BCUT2D eigenvalue weighted by Crippen LogP contribution is -2.62. The Labute approximate surface area is 174 Å². The molecule has 0 unspecified atom stereocenters. The van der Waals surface area contributed by atoms with Gasteiger partial charge in [0.25, 0.3) is 11.8 Å². The van der Waals surface area contributed by atoms with Gasteiger partial charge in [-0.2, -0.15) is 5.06 Å². The Morgan fingerprint density at radius 1 is 0.828 bits per heavy atom. The van der Waals surface area contributed by atoms with Crippen molar-refractivity contribution in [1.29, 1.82) is 0 Å². The lowest BCUT2D eigenvalue weighted by Gasteiger charge is -2.51. The summed E-state index contributed by atoms with van der Waals surface area (Å²) in [5.41, 5.74) is 0.297. The van der Waals surface area contributed by atoms with Crippen LogP contribution in [0.3, 0.4) is 0 Å². The predicted octanol–water partition coefficient (Wildman–Crippen LogP) is 3.89. The maximum Gasteiger partial charge on any atom is 0.251 e. The highest BCUT2D eigenvalue weighted by molar-refractivity contribution is 5.98. The third-order valence-electron chi connectivity index (χ3n) is 6.32. The summed E-state index contributed by atoms with van der Waals surface area (Å²) in [4.78, 5) is 25.2. The summed E-state index contributed by atoms with van der Waals surface area (Å²) >= 11 is 0. The number of piperidine rings is 1. The van der Waals surface area contributed by atoms with Crippen molar-refractivity contribution in [1.82, 2.24) is 15.7 Å². The molecule has 0 bridgehead atoms. The molecule has 1 aromatic carbocycles. The number of carbonyl (C=O) groups is 2. The molecule has 2 aliphatic rings. The molecule has 160 valence electrons. The molecule has 29 heavy (non-hydrogen) atoms. The lowest BCUT2D eigenvalue weighted by atomic mass is 9.79. The summed E-state index contributed by atoms with van der Waals surface area (Å²) in [6.45, 7) is 7.92. The fraction of sp³-hybridized carbons (Fsp3) is 0.652. The monoisotopic (exact) mass is 401 g/mol. The molecule has 0 atom stereocenters. The molecule has 1 aliphatic heterocycles. The van der Waals surface area contributed by atoms with Gasteiger partial charge in [0.2, 0.25) is 0 Å². The van der Waals surface area contributed by atoms with Crippen LogP contribution in [0.15, 0.2) is 24.3 Å². The molecule has 3 rings (SSSR count). The van der Waals surface area contributed by atoms with Gasteiger partial charge in [0.15, 0.2) is 0 Å². The van der Waals surface area contributed by atoms with Gasteiger partial charge >= 0.3 is 0 Å². The smallest absolute Gasteiger partial charge is 0.251 e. The van der Waals surface area contributed by atoms with E-state index < -0.39 is 11.1 Å². The first-order valence-electron chi connectivity index (χ1n) is 10.8. The third kappa shape index (κ3) is 5.17. The van der Waals surface area contributed by atoms with Crippen LogP contribution in [-0.2, 0) is 0 Å². The molecule has 2 fully saturated rings. The summed E-state index contributed by atoms with van der Waals surface area (Å²) < 4.78 is 0.